The van der Waals surface area contributed by atoms with E-state index in [9.17, 15) is 9.90 Å². The smallest absolute Gasteiger partial charge is 0.312 e. The number of benzene rings is 2. The van der Waals surface area contributed by atoms with Gasteiger partial charge in [0.25, 0.3) is 0 Å². The molecule has 3 aliphatic heterocycles. The lowest BCUT2D eigenvalue weighted by Gasteiger charge is -2.41. The van der Waals surface area contributed by atoms with Crippen LogP contribution in [0.3, 0.4) is 0 Å². The zero-order valence-corrected chi connectivity index (χ0v) is 17.6. The van der Waals surface area contributed by atoms with Gasteiger partial charge in [0.1, 0.15) is 29.0 Å². The monoisotopic (exact) mass is 406 g/mol. The van der Waals surface area contributed by atoms with Crippen LogP contribution in [0.2, 0.25) is 0 Å². The van der Waals surface area contributed by atoms with Crippen molar-refractivity contribution in [1.82, 2.24) is 0 Å². The lowest BCUT2D eigenvalue weighted by Crippen LogP contribution is -2.36. The van der Waals surface area contributed by atoms with Crippen LogP contribution in [-0.4, -0.2) is 22.8 Å². The zero-order valence-electron chi connectivity index (χ0n) is 17.6. The molecule has 0 radical (unpaired) electrons. The Morgan fingerprint density at radius 2 is 1.77 bits per heavy atom. The molecule has 0 saturated carbocycles. The maximum atomic E-state index is 12.6. The number of hydrogen-bond donors (Lipinski definition) is 1. The van der Waals surface area contributed by atoms with Crippen molar-refractivity contribution in [2.75, 3.05) is 0 Å². The fourth-order valence-electron chi connectivity index (χ4n) is 4.62. The van der Waals surface area contributed by atoms with E-state index in [1.807, 2.05) is 70.2 Å². The molecule has 0 amide bonds. The molecule has 5 heteroatoms. The van der Waals surface area contributed by atoms with Crippen molar-refractivity contribution >= 4 is 12.0 Å². The summed E-state index contributed by atoms with van der Waals surface area (Å²) in [6.45, 7) is 7.87. The molecule has 3 aliphatic rings. The molecule has 2 aromatic carbocycles. The Morgan fingerprint density at radius 3 is 2.50 bits per heavy atom. The number of fused-ring (bicyclic) bond motifs is 6. The number of carbonyl (C=O) groups excluding carboxylic acids is 1. The molecule has 0 aliphatic carbocycles. The van der Waals surface area contributed by atoms with Crippen molar-refractivity contribution in [3.8, 4) is 17.2 Å². The molecule has 30 heavy (non-hydrogen) atoms. The predicted molar refractivity (Wildman–Crippen MR) is 113 cm³/mol. The van der Waals surface area contributed by atoms with E-state index in [2.05, 4.69) is 0 Å². The number of rotatable bonds is 1. The van der Waals surface area contributed by atoms with Gasteiger partial charge in [0.05, 0.1) is 23.7 Å². The van der Waals surface area contributed by atoms with Gasteiger partial charge in [-0.25, -0.2) is 0 Å². The van der Waals surface area contributed by atoms with E-state index in [1.54, 1.807) is 0 Å². The van der Waals surface area contributed by atoms with Crippen LogP contribution in [0.4, 0.5) is 0 Å². The van der Waals surface area contributed by atoms with Gasteiger partial charge in [-0.2, -0.15) is 0 Å². The Balaban J connectivity index is 1.84. The summed E-state index contributed by atoms with van der Waals surface area (Å²) < 4.78 is 18.5. The van der Waals surface area contributed by atoms with Crippen molar-refractivity contribution in [2.24, 2.45) is 5.92 Å². The molecule has 2 aromatic rings. The van der Waals surface area contributed by atoms with E-state index in [4.69, 9.17) is 14.2 Å². The highest BCUT2D eigenvalue weighted by molar-refractivity contribution is 5.84. The quantitative estimate of drug-likeness (QED) is 0.546. The molecule has 5 nitrogen and oxygen atoms in total. The fourth-order valence-corrected chi connectivity index (χ4v) is 4.62. The molecule has 0 aromatic heterocycles. The topological polar surface area (TPSA) is 65.0 Å². The van der Waals surface area contributed by atoms with Crippen molar-refractivity contribution in [1.29, 1.82) is 0 Å². The number of hydrogen-bond acceptors (Lipinski definition) is 5. The SMILES string of the molecule is C[C@H]1[C@H](C)Oc2c3c(c4c(c2[C@H]1O)OC(=O)CC4c1ccccc1)OC(C)(C)C=C3. The predicted octanol–water partition coefficient (Wildman–Crippen LogP) is 4.76. The largest absolute Gasteiger partial charge is 0.489 e. The maximum absolute atomic E-state index is 12.6. The molecule has 0 fully saturated rings. The van der Waals surface area contributed by atoms with Crippen LogP contribution >= 0.6 is 0 Å². The van der Waals surface area contributed by atoms with Crippen LogP contribution in [0, 0.1) is 5.92 Å². The molecule has 1 unspecified atom stereocenters. The second-order valence-electron chi connectivity index (χ2n) is 9.04. The van der Waals surface area contributed by atoms with E-state index in [0.29, 0.717) is 22.8 Å². The minimum absolute atomic E-state index is 0.139. The van der Waals surface area contributed by atoms with Gasteiger partial charge in [0, 0.05) is 17.4 Å². The Morgan fingerprint density at radius 1 is 1.03 bits per heavy atom. The molecule has 156 valence electrons. The van der Waals surface area contributed by atoms with E-state index in [-0.39, 0.29) is 30.3 Å². The minimum Gasteiger partial charge on any atom is -0.489 e. The number of carbonyl (C=O) groups is 1. The molecule has 4 atom stereocenters. The molecule has 0 bridgehead atoms. The van der Waals surface area contributed by atoms with Gasteiger partial charge in [-0.3, -0.25) is 4.79 Å². The summed E-state index contributed by atoms with van der Waals surface area (Å²) in [5.74, 6) is 0.946. The highest BCUT2D eigenvalue weighted by Crippen LogP contribution is 2.58. The summed E-state index contributed by atoms with van der Waals surface area (Å²) in [5, 5.41) is 11.2. The minimum atomic E-state index is -0.798. The van der Waals surface area contributed by atoms with E-state index < -0.39 is 11.7 Å². The number of ether oxygens (including phenoxy) is 3. The number of aliphatic hydroxyl groups excluding tert-OH is 1. The Kier molecular flexibility index (Phi) is 4.23. The maximum Gasteiger partial charge on any atom is 0.312 e. The first-order valence-electron chi connectivity index (χ1n) is 10.5. The normalized spacial score (nSPS) is 28.4. The molecule has 5 rings (SSSR count). The summed E-state index contributed by atoms with van der Waals surface area (Å²) in [4.78, 5) is 12.6. The summed E-state index contributed by atoms with van der Waals surface area (Å²) in [6, 6.07) is 9.91. The third kappa shape index (κ3) is 2.83. The van der Waals surface area contributed by atoms with Crippen LogP contribution < -0.4 is 14.2 Å². The Bertz CT molecular complexity index is 1050. The average molecular weight is 406 g/mol. The highest BCUT2D eigenvalue weighted by Gasteiger charge is 2.45. The number of esters is 1. The molecule has 3 heterocycles. The van der Waals surface area contributed by atoms with Crippen molar-refractivity contribution < 1.29 is 24.1 Å². The van der Waals surface area contributed by atoms with Crippen molar-refractivity contribution in [3.05, 3.63) is 58.7 Å². The van der Waals surface area contributed by atoms with Crippen LogP contribution in [0.5, 0.6) is 17.2 Å². The third-order valence-corrected chi connectivity index (χ3v) is 6.46. The summed E-state index contributed by atoms with van der Waals surface area (Å²) in [7, 11) is 0. The summed E-state index contributed by atoms with van der Waals surface area (Å²) in [5.41, 5.74) is 2.68. The van der Waals surface area contributed by atoms with E-state index in [0.717, 1.165) is 16.7 Å². The molecular weight excluding hydrogens is 380 g/mol. The van der Waals surface area contributed by atoms with Crippen LogP contribution in [0.15, 0.2) is 36.4 Å². The number of aliphatic hydroxyl groups is 1. The van der Waals surface area contributed by atoms with Crippen molar-refractivity contribution in [2.45, 2.75) is 57.8 Å². The summed E-state index contributed by atoms with van der Waals surface area (Å²) >= 11 is 0. The third-order valence-electron chi connectivity index (χ3n) is 6.46. The van der Waals surface area contributed by atoms with Crippen LogP contribution in [0.1, 0.15) is 68.4 Å². The van der Waals surface area contributed by atoms with Crippen LogP contribution in [0.25, 0.3) is 6.08 Å². The first-order valence-corrected chi connectivity index (χ1v) is 10.5. The van der Waals surface area contributed by atoms with Gasteiger partial charge in [0.2, 0.25) is 0 Å². The van der Waals surface area contributed by atoms with Gasteiger partial charge in [-0.1, -0.05) is 37.3 Å². The lowest BCUT2D eigenvalue weighted by molar-refractivity contribution is -0.135. The Hall–Kier alpha value is -2.79. The van der Waals surface area contributed by atoms with E-state index >= 15 is 0 Å². The second kappa shape index (κ2) is 6.61. The van der Waals surface area contributed by atoms with Gasteiger partial charge < -0.3 is 19.3 Å². The second-order valence-corrected chi connectivity index (χ2v) is 9.04. The van der Waals surface area contributed by atoms with Crippen molar-refractivity contribution in [3.63, 3.8) is 0 Å². The van der Waals surface area contributed by atoms with Gasteiger partial charge >= 0.3 is 5.97 Å². The highest BCUT2D eigenvalue weighted by atomic mass is 16.5. The molecule has 0 saturated heterocycles. The van der Waals surface area contributed by atoms with Gasteiger partial charge in [0.15, 0.2) is 0 Å². The van der Waals surface area contributed by atoms with Crippen LogP contribution in [-0.2, 0) is 4.79 Å². The first kappa shape index (κ1) is 19.2. The van der Waals surface area contributed by atoms with E-state index in [1.165, 1.54) is 0 Å². The average Bonchev–Trinajstić information content (AvgIpc) is 2.71. The van der Waals surface area contributed by atoms with Gasteiger partial charge in [-0.05, 0) is 38.5 Å². The zero-order chi connectivity index (χ0) is 21.2. The van der Waals surface area contributed by atoms with Gasteiger partial charge in [-0.15, -0.1) is 0 Å². The molecular formula is C25H26O5. The fraction of sp³-hybridized carbons (Fsp3) is 0.400. The standard InChI is InChI=1S/C25H26O5/c1-13-14(2)28-22-16-10-11-25(3,4)30-23(16)19-17(15-8-6-5-7-9-15)12-18(26)29-24(19)20(22)21(13)27/h5-11,13-14,17,21,27H,12H2,1-4H3/t13-,14-,17?,21-/m0/s1. The lowest BCUT2D eigenvalue weighted by atomic mass is 9.79. The first-order chi connectivity index (χ1) is 14.3. The molecule has 1 N–H and O–H groups in total. The summed E-state index contributed by atoms with van der Waals surface area (Å²) in [6.07, 6.45) is 3.24. The molecule has 0 spiro atoms. The Labute approximate surface area is 176 Å².